The minimum Gasteiger partial charge on any atom is -0.322 e. The zero-order valence-electron chi connectivity index (χ0n) is 11.7. The Bertz CT molecular complexity index is 972. The summed E-state index contributed by atoms with van der Waals surface area (Å²) in [6, 6.07) is 23.7. The van der Waals surface area contributed by atoms with Crippen molar-refractivity contribution in [2.75, 3.05) is 5.32 Å². The molecule has 0 aliphatic rings. The standard InChI is InChI=1S/C19H13NOS/c21-19(13-6-2-1-3-7-13)20-14-10-11-18-16(12-14)15-8-4-5-9-17(15)22-18/h1-12H,(H,20,21). The van der Waals surface area contributed by atoms with Crippen molar-refractivity contribution in [2.45, 2.75) is 0 Å². The van der Waals surface area contributed by atoms with Crippen molar-refractivity contribution in [2.24, 2.45) is 0 Å². The summed E-state index contributed by atoms with van der Waals surface area (Å²) in [5, 5.41) is 5.39. The lowest BCUT2D eigenvalue weighted by Crippen LogP contribution is -2.11. The minimum absolute atomic E-state index is 0.0838. The number of rotatable bonds is 2. The number of anilines is 1. The molecule has 0 radical (unpaired) electrons. The van der Waals surface area contributed by atoms with Crippen LogP contribution in [0.2, 0.25) is 0 Å². The Morgan fingerprint density at radius 3 is 2.36 bits per heavy atom. The lowest BCUT2D eigenvalue weighted by atomic mass is 10.1. The largest absolute Gasteiger partial charge is 0.322 e. The number of amides is 1. The van der Waals surface area contributed by atoms with E-state index in [1.807, 2.05) is 42.5 Å². The highest BCUT2D eigenvalue weighted by Gasteiger charge is 2.08. The third kappa shape index (κ3) is 2.26. The molecule has 2 nitrogen and oxygen atoms in total. The van der Waals surface area contributed by atoms with Crippen LogP contribution in [0, 0.1) is 0 Å². The Kier molecular flexibility index (Phi) is 3.13. The number of carbonyl (C=O) groups excluding carboxylic acids is 1. The van der Waals surface area contributed by atoms with Crippen molar-refractivity contribution in [1.82, 2.24) is 0 Å². The second kappa shape index (κ2) is 5.28. The fraction of sp³-hybridized carbons (Fsp3) is 0. The lowest BCUT2D eigenvalue weighted by Gasteiger charge is -2.05. The van der Waals surface area contributed by atoms with Gasteiger partial charge in [-0.05, 0) is 36.4 Å². The Labute approximate surface area is 132 Å². The highest BCUT2D eigenvalue weighted by Crippen LogP contribution is 2.35. The molecule has 4 aromatic rings. The molecular formula is C19H13NOS. The second-order valence-electron chi connectivity index (χ2n) is 5.13. The van der Waals surface area contributed by atoms with Crippen LogP contribution in [-0.2, 0) is 0 Å². The van der Waals surface area contributed by atoms with Crippen LogP contribution < -0.4 is 5.32 Å². The molecule has 4 rings (SSSR count). The van der Waals surface area contributed by atoms with Gasteiger partial charge in [0.25, 0.3) is 5.91 Å². The Morgan fingerprint density at radius 1 is 0.773 bits per heavy atom. The number of nitrogens with one attached hydrogen (secondary N) is 1. The smallest absolute Gasteiger partial charge is 0.255 e. The van der Waals surface area contributed by atoms with E-state index in [1.165, 1.54) is 20.2 Å². The Hall–Kier alpha value is -2.65. The molecule has 0 saturated heterocycles. The molecule has 3 aromatic carbocycles. The first-order valence-corrected chi connectivity index (χ1v) is 7.90. The van der Waals surface area contributed by atoms with Gasteiger partial charge in [-0.15, -0.1) is 11.3 Å². The first-order chi connectivity index (χ1) is 10.8. The number of thiophene rings is 1. The topological polar surface area (TPSA) is 29.1 Å². The summed E-state index contributed by atoms with van der Waals surface area (Å²) >= 11 is 1.77. The van der Waals surface area contributed by atoms with Gasteiger partial charge in [0.05, 0.1) is 0 Å². The molecule has 1 amide bonds. The van der Waals surface area contributed by atoms with Crippen molar-refractivity contribution < 1.29 is 4.79 Å². The zero-order valence-corrected chi connectivity index (χ0v) is 12.6. The minimum atomic E-state index is -0.0838. The second-order valence-corrected chi connectivity index (χ2v) is 6.21. The van der Waals surface area contributed by atoms with E-state index in [1.54, 1.807) is 11.3 Å². The molecule has 0 spiro atoms. The van der Waals surface area contributed by atoms with Crippen molar-refractivity contribution >= 4 is 43.1 Å². The van der Waals surface area contributed by atoms with Gasteiger partial charge in [-0.25, -0.2) is 0 Å². The lowest BCUT2D eigenvalue weighted by molar-refractivity contribution is 0.102. The van der Waals surface area contributed by atoms with Crippen LogP contribution in [0.5, 0.6) is 0 Å². The third-order valence-corrected chi connectivity index (χ3v) is 4.82. The van der Waals surface area contributed by atoms with Gasteiger partial charge in [-0.1, -0.05) is 36.4 Å². The maximum absolute atomic E-state index is 12.2. The van der Waals surface area contributed by atoms with E-state index in [4.69, 9.17) is 0 Å². The summed E-state index contributed by atoms with van der Waals surface area (Å²) in [6.07, 6.45) is 0. The molecule has 1 N–H and O–H groups in total. The Balaban J connectivity index is 1.73. The summed E-state index contributed by atoms with van der Waals surface area (Å²) in [7, 11) is 0. The first-order valence-electron chi connectivity index (χ1n) is 7.09. The van der Waals surface area contributed by atoms with Crippen LogP contribution in [0.4, 0.5) is 5.69 Å². The molecule has 106 valence electrons. The summed E-state index contributed by atoms with van der Waals surface area (Å²) in [5.74, 6) is -0.0838. The van der Waals surface area contributed by atoms with Crippen molar-refractivity contribution in [3.8, 4) is 0 Å². The molecule has 0 unspecified atom stereocenters. The van der Waals surface area contributed by atoms with Gasteiger partial charge in [-0.3, -0.25) is 4.79 Å². The van der Waals surface area contributed by atoms with Gasteiger partial charge in [0.15, 0.2) is 0 Å². The number of hydrogen-bond acceptors (Lipinski definition) is 2. The molecule has 0 saturated carbocycles. The van der Waals surface area contributed by atoms with Gasteiger partial charge in [0, 0.05) is 31.4 Å². The van der Waals surface area contributed by atoms with E-state index in [-0.39, 0.29) is 5.91 Å². The number of hydrogen-bond donors (Lipinski definition) is 1. The fourth-order valence-electron chi connectivity index (χ4n) is 2.60. The zero-order chi connectivity index (χ0) is 14.9. The molecule has 3 heteroatoms. The molecular weight excluding hydrogens is 290 g/mol. The highest BCUT2D eigenvalue weighted by molar-refractivity contribution is 7.25. The summed E-state index contributed by atoms with van der Waals surface area (Å²) in [5.41, 5.74) is 1.49. The van der Waals surface area contributed by atoms with Gasteiger partial charge in [-0.2, -0.15) is 0 Å². The average Bonchev–Trinajstić information content (AvgIpc) is 2.94. The maximum Gasteiger partial charge on any atom is 0.255 e. The predicted octanol–water partition coefficient (Wildman–Crippen LogP) is 5.31. The van der Waals surface area contributed by atoms with Gasteiger partial charge >= 0.3 is 0 Å². The van der Waals surface area contributed by atoms with Crippen molar-refractivity contribution in [1.29, 1.82) is 0 Å². The molecule has 0 aliphatic heterocycles. The first kappa shape index (κ1) is 13.0. The van der Waals surface area contributed by atoms with Crippen molar-refractivity contribution in [3.63, 3.8) is 0 Å². The molecule has 0 aliphatic carbocycles. The van der Waals surface area contributed by atoms with Crippen LogP contribution >= 0.6 is 11.3 Å². The van der Waals surface area contributed by atoms with Crippen LogP contribution in [0.15, 0.2) is 72.8 Å². The SMILES string of the molecule is O=C(Nc1ccc2sc3ccccc3c2c1)c1ccccc1. The van der Waals surface area contributed by atoms with Crippen LogP contribution in [-0.4, -0.2) is 5.91 Å². The highest BCUT2D eigenvalue weighted by atomic mass is 32.1. The monoisotopic (exact) mass is 303 g/mol. The quantitative estimate of drug-likeness (QED) is 0.534. The predicted molar refractivity (Wildman–Crippen MR) is 93.7 cm³/mol. The summed E-state index contributed by atoms with van der Waals surface area (Å²) < 4.78 is 2.50. The van der Waals surface area contributed by atoms with Crippen LogP contribution in [0.1, 0.15) is 10.4 Å². The fourth-order valence-corrected chi connectivity index (χ4v) is 3.68. The molecule has 0 fully saturated rings. The molecule has 1 heterocycles. The van der Waals surface area contributed by atoms with E-state index in [0.29, 0.717) is 5.56 Å². The summed E-state index contributed by atoms with van der Waals surface area (Å²) in [4.78, 5) is 12.2. The number of carbonyl (C=O) groups is 1. The normalized spacial score (nSPS) is 10.9. The van der Waals surface area contributed by atoms with E-state index < -0.39 is 0 Å². The number of benzene rings is 3. The van der Waals surface area contributed by atoms with Gasteiger partial charge in [0.1, 0.15) is 0 Å². The maximum atomic E-state index is 12.2. The molecule has 0 bridgehead atoms. The third-order valence-electron chi connectivity index (χ3n) is 3.67. The van der Waals surface area contributed by atoms with Gasteiger partial charge in [0.2, 0.25) is 0 Å². The summed E-state index contributed by atoms with van der Waals surface area (Å²) in [6.45, 7) is 0. The molecule has 0 atom stereocenters. The van der Waals surface area contributed by atoms with E-state index in [0.717, 1.165) is 5.69 Å². The van der Waals surface area contributed by atoms with E-state index in [9.17, 15) is 4.79 Å². The number of fused-ring (bicyclic) bond motifs is 3. The van der Waals surface area contributed by atoms with Crippen LogP contribution in [0.25, 0.3) is 20.2 Å². The van der Waals surface area contributed by atoms with E-state index in [2.05, 4.69) is 35.6 Å². The van der Waals surface area contributed by atoms with E-state index >= 15 is 0 Å². The Morgan fingerprint density at radius 2 is 1.50 bits per heavy atom. The van der Waals surface area contributed by atoms with Gasteiger partial charge < -0.3 is 5.32 Å². The van der Waals surface area contributed by atoms with Crippen molar-refractivity contribution in [3.05, 3.63) is 78.4 Å². The molecule has 22 heavy (non-hydrogen) atoms. The average molecular weight is 303 g/mol. The molecule has 1 aromatic heterocycles. The van der Waals surface area contributed by atoms with Crippen LogP contribution in [0.3, 0.4) is 0 Å².